The van der Waals surface area contributed by atoms with Gasteiger partial charge in [-0.1, -0.05) is 11.6 Å². The fourth-order valence-electron chi connectivity index (χ4n) is 2.53. The predicted molar refractivity (Wildman–Crippen MR) is 91.8 cm³/mol. The molecule has 2 aromatic rings. The zero-order valence-corrected chi connectivity index (χ0v) is 14.6. The van der Waals surface area contributed by atoms with Gasteiger partial charge in [-0.15, -0.1) is 11.3 Å². The topological polar surface area (TPSA) is 92.3 Å². The van der Waals surface area contributed by atoms with Crippen molar-refractivity contribution in [1.29, 1.82) is 0 Å². The zero-order chi connectivity index (χ0) is 18.0. The van der Waals surface area contributed by atoms with Crippen molar-refractivity contribution in [3.63, 3.8) is 0 Å². The van der Waals surface area contributed by atoms with E-state index in [9.17, 15) is 14.0 Å². The maximum absolute atomic E-state index is 14.3. The third-order valence-corrected chi connectivity index (χ3v) is 4.86. The van der Waals surface area contributed by atoms with Crippen molar-refractivity contribution in [1.82, 2.24) is 15.6 Å². The number of hydrogen-bond donors (Lipinski definition) is 3. The SMILES string of the molecule is COc1cnc(C2CNC(=O)C2NC(=O)Nc2ccc(Cl)s2)c(F)c1. The highest BCUT2D eigenvalue weighted by Gasteiger charge is 2.39. The number of methoxy groups -OCH3 is 1. The number of hydrogen-bond acceptors (Lipinski definition) is 5. The summed E-state index contributed by atoms with van der Waals surface area (Å²) in [5.41, 5.74) is 0.0867. The third-order valence-electron chi connectivity index (χ3n) is 3.71. The first kappa shape index (κ1) is 17.4. The lowest BCUT2D eigenvalue weighted by molar-refractivity contribution is -0.120. The summed E-state index contributed by atoms with van der Waals surface area (Å²) in [4.78, 5) is 28.2. The van der Waals surface area contributed by atoms with Crippen LogP contribution >= 0.6 is 22.9 Å². The maximum Gasteiger partial charge on any atom is 0.320 e. The molecule has 1 aliphatic heterocycles. The fraction of sp³-hybridized carbons (Fsp3) is 0.267. The van der Waals surface area contributed by atoms with Crippen LogP contribution in [0.25, 0.3) is 0 Å². The Kier molecular flexibility index (Phi) is 5.05. The normalized spacial score (nSPS) is 19.4. The number of anilines is 1. The average Bonchev–Trinajstić information content (AvgIpc) is 3.14. The first-order valence-electron chi connectivity index (χ1n) is 7.28. The van der Waals surface area contributed by atoms with Crippen molar-refractivity contribution in [2.75, 3.05) is 19.0 Å². The summed E-state index contributed by atoms with van der Waals surface area (Å²) in [5, 5.41) is 8.28. The van der Waals surface area contributed by atoms with Gasteiger partial charge >= 0.3 is 6.03 Å². The van der Waals surface area contributed by atoms with Gasteiger partial charge in [0.25, 0.3) is 0 Å². The van der Waals surface area contributed by atoms with Crippen molar-refractivity contribution in [3.8, 4) is 5.75 Å². The number of amides is 3. The molecule has 2 atom stereocenters. The summed E-state index contributed by atoms with van der Waals surface area (Å²) in [6, 6.07) is 2.95. The molecule has 3 heterocycles. The molecule has 0 radical (unpaired) electrons. The number of aromatic nitrogens is 1. The monoisotopic (exact) mass is 384 g/mol. The molecule has 2 unspecified atom stereocenters. The molecule has 1 saturated heterocycles. The molecule has 10 heteroatoms. The fourth-order valence-corrected chi connectivity index (χ4v) is 3.47. The zero-order valence-electron chi connectivity index (χ0n) is 13.0. The van der Waals surface area contributed by atoms with Gasteiger partial charge in [-0.3, -0.25) is 15.1 Å². The van der Waals surface area contributed by atoms with Crippen LogP contribution in [-0.4, -0.2) is 36.6 Å². The van der Waals surface area contributed by atoms with Crippen LogP contribution in [-0.2, 0) is 4.79 Å². The molecule has 1 fully saturated rings. The largest absolute Gasteiger partial charge is 0.495 e. The average molecular weight is 385 g/mol. The molecule has 3 N–H and O–H groups in total. The van der Waals surface area contributed by atoms with E-state index >= 15 is 0 Å². The first-order chi connectivity index (χ1) is 12.0. The van der Waals surface area contributed by atoms with E-state index in [1.54, 1.807) is 12.1 Å². The molecule has 0 aromatic carbocycles. The Morgan fingerprint density at radius 3 is 2.96 bits per heavy atom. The van der Waals surface area contributed by atoms with E-state index in [4.69, 9.17) is 16.3 Å². The molecular weight excluding hydrogens is 371 g/mol. The van der Waals surface area contributed by atoms with E-state index in [2.05, 4.69) is 20.9 Å². The Morgan fingerprint density at radius 1 is 1.52 bits per heavy atom. The summed E-state index contributed by atoms with van der Waals surface area (Å²) in [6.07, 6.45) is 1.37. The lowest BCUT2D eigenvalue weighted by atomic mass is 9.98. The maximum atomic E-state index is 14.3. The molecule has 0 bridgehead atoms. The summed E-state index contributed by atoms with van der Waals surface area (Å²) < 4.78 is 19.7. The number of nitrogens with one attached hydrogen (secondary N) is 3. The van der Waals surface area contributed by atoms with E-state index < -0.39 is 29.7 Å². The number of pyridine rings is 1. The van der Waals surface area contributed by atoms with Gasteiger partial charge < -0.3 is 15.4 Å². The van der Waals surface area contributed by atoms with Crippen molar-refractivity contribution < 1.29 is 18.7 Å². The van der Waals surface area contributed by atoms with Crippen molar-refractivity contribution in [3.05, 3.63) is 40.2 Å². The molecule has 0 saturated carbocycles. The van der Waals surface area contributed by atoms with E-state index in [1.807, 2.05) is 0 Å². The number of thiophene rings is 1. The number of carbonyl (C=O) groups excluding carboxylic acids is 2. The minimum Gasteiger partial charge on any atom is -0.495 e. The van der Waals surface area contributed by atoms with Gasteiger partial charge in [-0.25, -0.2) is 9.18 Å². The van der Waals surface area contributed by atoms with Crippen LogP contribution in [0.15, 0.2) is 24.4 Å². The van der Waals surface area contributed by atoms with Gasteiger partial charge in [0.05, 0.1) is 34.3 Å². The van der Waals surface area contributed by atoms with Crippen LogP contribution in [0.3, 0.4) is 0 Å². The highest BCUT2D eigenvalue weighted by atomic mass is 35.5. The highest BCUT2D eigenvalue weighted by Crippen LogP contribution is 2.28. The minimum absolute atomic E-state index is 0.0867. The Bertz CT molecular complexity index is 816. The molecule has 7 nitrogen and oxygen atoms in total. The number of nitrogens with zero attached hydrogens (tertiary/aromatic N) is 1. The molecule has 1 aliphatic rings. The predicted octanol–water partition coefficient (Wildman–Crippen LogP) is 2.35. The van der Waals surface area contributed by atoms with Gasteiger partial charge in [0.1, 0.15) is 17.6 Å². The Balaban J connectivity index is 1.74. The second-order valence-corrected chi connectivity index (χ2v) is 6.99. The van der Waals surface area contributed by atoms with Crippen LogP contribution < -0.4 is 20.7 Å². The highest BCUT2D eigenvalue weighted by molar-refractivity contribution is 7.20. The second-order valence-electron chi connectivity index (χ2n) is 5.27. The van der Waals surface area contributed by atoms with Gasteiger partial charge in [-0.05, 0) is 12.1 Å². The molecule has 132 valence electrons. The van der Waals surface area contributed by atoms with Gasteiger partial charge in [0.2, 0.25) is 5.91 Å². The molecule has 0 spiro atoms. The van der Waals surface area contributed by atoms with E-state index in [1.165, 1.54) is 30.7 Å². The van der Waals surface area contributed by atoms with Gasteiger partial charge in [-0.2, -0.15) is 0 Å². The number of rotatable bonds is 4. The molecule has 25 heavy (non-hydrogen) atoms. The Labute approximate surface area is 151 Å². The smallest absolute Gasteiger partial charge is 0.320 e. The molecule has 3 rings (SSSR count). The van der Waals surface area contributed by atoms with E-state index in [0.29, 0.717) is 9.34 Å². The van der Waals surface area contributed by atoms with E-state index in [-0.39, 0.29) is 18.0 Å². The summed E-state index contributed by atoms with van der Waals surface area (Å²) in [5.74, 6) is -1.36. The van der Waals surface area contributed by atoms with Crippen molar-refractivity contribution in [2.45, 2.75) is 12.0 Å². The van der Waals surface area contributed by atoms with Crippen molar-refractivity contribution in [2.24, 2.45) is 0 Å². The second kappa shape index (κ2) is 7.24. The van der Waals surface area contributed by atoms with Crippen LogP contribution in [0.1, 0.15) is 11.6 Å². The lowest BCUT2D eigenvalue weighted by Gasteiger charge is -2.18. The molecule has 2 aromatic heterocycles. The van der Waals surface area contributed by atoms with Crippen molar-refractivity contribution >= 4 is 39.9 Å². The standard InChI is InChI=1S/C15H14ClFN4O3S/c1-24-7-4-9(17)12(18-5-7)8-6-19-14(22)13(8)21-15(23)20-11-3-2-10(16)25-11/h2-5,8,13H,6H2,1H3,(H,19,22)(H2,20,21,23). The van der Waals surface area contributed by atoms with Crippen LogP contribution in [0.2, 0.25) is 4.34 Å². The summed E-state index contributed by atoms with van der Waals surface area (Å²) in [6.45, 7) is 0.171. The van der Waals surface area contributed by atoms with Gasteiger partial charge in [0, 0.05) is 12.6 Å². The van der Waals surface area contributed by atoms with E-state index in [0.717, 1.165) is 0 Å². The first-order valence-corrected chi connectivity index (χ1v) is 8.47. The van der Waals surface area contributed by atoms with Crippen LogP contribution in [0, 0.1) is 5.82 Å². The third kappa shape index (κ3) is 3.83. The quantitative estimate of drug-likeness (QED) is 0.754. The number of ether oxygens (including phenoxy) is 1. The molecular formula is C15H14ClFN4O3S. The van der Waals surface area contributed by atoms with Crippen LogP contribution in [0.4, 0.5) is 14.2 Å². The molecule has 3 amide bonds. The van der Waals surface area contributed by atoms with Gasteiger partial charge in [0.15, 0.2) is 0 Å². The number of halogens is 2. The summed E-state index contributed by atoms with van der Waals surface area (Å²) >= 11 is 6.99. The Morgan fingerprint density at radius 2 is 2.32 bits per heavy atom. The van der Waals surface area contributed by atoms with Crippen LogP contribution in [0.5, 0.6) is 5.75 Å². The lowest BCUT2D eigenvalue weighted by Crippen LogP contribution is -2.45. The number of carbonyl (C=O) groups is 2. The minimum atomic E-state index is -0.939. The molecule has 0 aliphatic carbocycles. The number of urea groups is 1. The summed E-state index contributed by atoms with van der Waals surface area (Å²) in [7, 11) is 1.41. The Hall–Kier alpha value is -2.39.